The number of aryl methyl sites for hydroxylation is 1. The van der Waals surface area contributed by atoms with Gasteiger partial charge in [-0.3, -0.25) is 19.4 Å². The summed E-state index contributed by atoms with van der Waals surface area (Å²) in [6, 6.07) is 4.42. The number of carbonyl (C=O) groups is 2. The maximum Gasteiger partial charge on any atom is 0.269 e. The molecular weight excluding hydrogens is 427 g/mol. The minimum Gasteiger partial charge on any atom is -0.292 e. The van der Waals surface area contributed by atoms with Crippen molar-refractivity contribution < 1.29 is 9.59 Å². The van der Waals surface area contributed by atoms with Crippen LogP contribution in [-0.2, 0) is 11.8 Å². The van der Waals surface area contributed by atoms with Crippen molar-refractivity contribution in [2.45, 2.75) is 26.2 Å². The third kappa shape index (κ3) is 3.95. The number of halogens is 2. The second-order valence-electron chi connectivity index (χ2n) is 7.35. The molecule has 0 amide bonds. The minimum atomic E-state index is -0.517. The third-order valence-corrected chi connectivity index (χ3v) is 5.42. The van der Waals surface area contributed by atoms with Gasteiger partial charge in [0.05, 0.1) is 22.0 Å². The summed E-state index contributed by atoms with van der Waals surface area (Å²) in [4.78, 5) is 37.7. The Kier molecular flexibility index (Phi) is 5.97. The average molecular weight is 447 g/mol. The molecular formula is C21H20Cl2N4O3. The number of hydrogen-bond acceptors (Lipinski definition) is 6. The van der Waals surface area contributed by atoms with Gasteiger partial charge < -0.3 is 0 Å². The monoisotopic (exact) mass is 446 g/mol. The van der Waals surface area contributed by atoms with Crippen LogP contribution in [0.4, 0.5) is 0 Å². The summed E-state index contributed by atoms with van der Waals surface area (Å²) in [5.41, 5.74) is 1.47. The number of carbonyl (C=O) groups excluding carboxylic acids is 2. The van der Waals surface area contributed by atoms with E-state index in [4.69, 9.17) is 23.2 Å². The number of ketones is 2. The fraction of sp³-hybridized carbons (Fsp3) is 0.286. The molecule has 1 aromatic heterocycles. The van der Waals surface area contributed by atoms with E-state index in [1.165, 1.54) is 30.3 Å². The lowest BCUT2D eigenvalue weighted by Gasteiger charge is -2.23. The van der Waals surface area contributed by atoms with Crippen molar-refractivity contribution in [2.75, 3.05) is 7.05 Å². The molecule has 1 aromatic carbocycles. The molecule has 156 valence electrons. The molecule has 0 saturated heterocycles. The van der Waals surface area contributed by atoms with E-state index in [2.05, 4.69) is 16.8 Å². The molecule has 0 radical (unpaired) electrons. The van der Waals surface area contributed by atoms with Crippen molar-refractivity contribution >= 4 is 40.5 Å². The first kappa shape index (κ1) is 21.9. The molecule has 30 heavy (non-hydrogen) atoms. The number of hydrogen-bond donors (Lipinski definition) is 0. The summed E-state index contributed by atoms with van der Waals surface area (Å²) >= 11 is 12.8. The first-order valence-electron chi connectivity index (χ1n) is 9.17. The van der Waals surface area contributed by atoms with Gasteiger partial charge in [0.25, 0.3) is 5.56 Å². The zero-order valence-electron chi connectivity index (χ0n) is 17.0. The molecule has 1 aliphatic rings. The molecule has 2 heterocycles. The van der Waals surface area contributed by atoms with E-state index in [-0.39, 0.29) is 50.7 Å². The lowest BCUT2D eigenvalue weighted by Crippen LogP contribution is -2.29. The number of benzene rings is 1. The minimum absolute atomic E-state index is 0.0459. The lowest BCUT2D eigenvalue weighted by atomic mass is 9.98. The van der Waals surface area contributed by atoms with E-state index < -0.39 is 5.78 Å². The lowest BCUT2D eigenvalue weighted by molar-refractivity contribution is -0.113. The SMILES string of the molecule is C=C1CC(=O)C(c2cc(Cl)c(C(=O)c3cc(C(C)C)c(=O)n(C)n3)c(Cl)c2)=NN1C. The third-order valence-electron chi connectivity index (χ3n) is 4.82. The summed E-state index contributed by atoms with van der Waals surface area (Å²) in [6.45, 7) is 7.49. The summed E-state index contributed by atoms with van der Waals surface area (Å²) in [6.07, 6.45) is 0.130. The maximum absolute atomic E-state index is 13.1. The van der Waals surface area contributed by atoms with Crippen LogP contribution in [-0.4, -0.2) is 39.1 Å². The quantitative estimate of drug-likeness (QED) is 0.670. The van der Waals surface area contributed by atoms with Gasteiger partial charge in [-0.2, -0.15) is 10.2 Å². The Morgan fingerprint density at radius 1 is 1.13 bits per heavy atom. The van der Waals surface area contributed by atoms with Gasteiger partial charge in [0.1, 0.15) is 11.4 Å². The van der Waals surface area contributed by atoms with Crippen LogP contribution in [0.2, 0.25) is 10.0 Å². The predicted octanol–water partition coefficient (Wildman–Crippen LogP) is 3.56. The van der Waals surface area contributed by atoms with Crippen LogP contribution >= 0.6 is 23.2 Å². The van der Waals surface area contributed by atoms with Crippen LogP contribution in [0.3, 0.4) is 0 Å². The Balaban J connectivity index is 2.08. The molecule has 0 fully saturated rings. The highest BCUT2D eigenvalue weighted by Gasteiger charge is 2.26. The normalized spacial score (nSPS) is 14.4. The molecule has 0 atom stereocenters. The summed E-state index contributed by atoms with van der Waals surface area (Å²) in [5.74, 6) is -0.823. The van der Waals surface area contributed by atoms with Crippen molar-refractivity contribution in [1.82, 2.24) is 14.8 Å². The van der Waals surface area contributed by atoms with Crippen LogP contribution < -0.4 is 5.56 Å². The number of allylic oxidation sites excluding steroid dienone is 1. The highest BCUT2D eigenvalue weighted by Crippen LogP contribution is 2.30. The highest BCUT2D eigenvalue weighted by atomic mass is 35.5. The van der Waals surface area contributed by atoms with Gasteiger partial charge in [-0.1, -0.05) is 43.6 Å². The van der Waals surface area contributed by atoms with E-state index in [9.17, 15) is 14.4 Å². The van der Waals surface area contributed by atoms with E-state index >= 15 is 0 Å². The Morgan fingerprint density at radius 2 is 1.73 bits per heavy atom. The topological polar surface area (TPSA) is 84.6 Å². The van der Waals surface area contributed by atoms with E-state index in [1.807, 2.05) is 13.8 Å². The van der Waals surface area contributed by atoms with Gasteiger partial charge in [0.15, 0.2) is 5.78 Å². The molecule has 9 heteroatoms. The van der Waals surface area contributed by atoms with Crippen molar-refractivity contribution in [3.05, 3.63) is 73.3 Å². The van der Waals surface area contributed by atoms with Crippen LogP contribution in [0, 0.1) is 0 Å². The zero-order chi connectivity index (χ0) is 22.3. The maximum atomic E-state index is 13.1. The molecule has 0 spiro atoms. The second-order valence-corrected chi connectivity index (χ2v) is 8.17. The summed E-state index contributed by atoms with van der Waals surface area (Å²) in [7, 11) is 3.17. The molecule has 0 aliphatic carbocycles. The number of rotatable bonds is 4. The smallest absolute Gasteiger partial charge is 0.269 e. The van der Waals surface area contributed by atoms with Gasteiger partial charge in [-0.05, 0) is 24.1 Å². The fourth-order valence-corrected chi connectivity index (χ4v) is 3.75. The van der Waals surface area contributed by atoms with Gasteiger partial charge in [0, 0.05) is 30.9 Å². The van der Waals surface area contributed by atoms with Crippen LogP contribution in [0.15, 0.2) is 40.4 Å². The largest absolute Gasteiger partial charge is 0.292 e. The molecule has 7 nitrogen and oxygen atoms in total. The molecule has 0 saturated carbocycles. The Morgan fingerprint density at radius 3 is 2.30 bits per heavy atom. The standard InChI is InChI=1S/C21H20Cl2N4O3/c1-10(2)13-9-16(24-27(5)21(13)30)20(29)18-14(22)7-12(8-15(18)23)19-17(28)6-11(3)26(4)25-19/h7-10H,3,6H2,1-2,4-5H3. The molecule has 0 unspecified atom stereocenters. The molecule has 3 rings (SSSR count). The van der Waals surface area contributed by atoms with Gasteiger partial charge in [0.2, 0.25) is 5.78 Å². The molecule has 2 aromatic rings. The van der Waals surface area contributed by atoms with Crippen LogP contribution in [0.5, 0.6) is 0 Å². The molecule has 0 N–H and O–H groups in total. The number of hydrazone groups is 1. The zero-order valence-corrected chi connectivity index (χ0v) is 18.5. The van der Waals surface area contributed by atoms with Gasteiger partial charge in [-0.25, -0.2) is 4.68 Å². The van der Waals surface area contributed by atoms with E-state index in [0.29, 0.717) is 16.8 Å². The Hall–Kier alpha value is -2.77. The van der Waals surface area contributed by atoms with Crippen molar-refractivity contribution in [3.8, 4) is 0 Å². The highest BCUT2D eigenvalue weighted by molar-refractivity contribution is 6.48. The first-order chi connectivity index (χ1) is 14.0. The van der Waals surface area contributed by atoms with Crippen molar-refractivity contribution in [2.24, 2.45) is 12.1 Å². The van der Waals surface area contributed by atoms with Crippen molar-refractivity contribution in [3.63, 3.8) is 0 Å². The fourth-order valence-electron chi connectivity index (χ4n) is 3.09. The van der Waals surface area contributed by atoms with Gasteiger partial charge in [-0.15, -0.1) is 0 Å². The number of Topliss-reactive ketones (excluding diaryl/α,β-unsaturated/α-hetero) is 1. The van der Waals surface area contributed by atoms with E-state index in [0.717, 1.165) is 4.68 Å². The first-order valence-corrected chi connectivity index (χ1v) is 9.92. The van der Waals surface area contributed by atoms with Crippen LogP contribution in [0.1, 0.15) is 53.4 Å². The van der Waals surface area contributed by atoms with Gasteiger partial charge >= 0.3 is 0 Å². The van der Waals surface area contributed by atoms with Crippen LogP contribution in [0.25, 0.3) is 0 Å². The number of aromatic nitrogens is 2. The van der Waals surface area contributed by atoms with Crippen molar-refractivity contribution in [1.29, 1.82) is 0 Å². The summed E-state index contributed by atoms with van der Waals surface area (Å²) < 4.78 is 1.12. The molecule has 0 bridgehead atoms. The number of nitrogens with zero attached hydrogens (tertiary/aromatic N) is 4. The molecule has 1 aliphatic heterocycles. The Labute approximate surface area is 183 Å². The predicted molar refractivity (Wildman–Crippen MR) is 117 cm³/mol. The average Bonchev–Trinajstić information content (AvgIpc) is 2.65. The summed E-state index contributed by atoms with van der Waals surface area (Å²) in [5, 5.41) is 9.93. The van der Waals surface area contributed by atoms with E-state index in [1.54, 1.807) is 7.05 Å². The second kappa shape index (κ2) is 8.16. The Bertz CT molecular complexity index is 1160.